The number of likely N-dealkylation sites (tertiary alicyclic amines) is 1. The number of hydrogen-bond donors (Lipinski definition) is 2. The van der Waals surface area contributed by atoms with Crippen LogP contribution >= 0.6 is 11.3 Å². The molecule has 1 fully saturated rings. The first-order chi connectivity index (χ1) is 19.2. The van der Waals surface area contributed by atoms with Gasteiger partial charge in [-0.05, 0) is 49.7 Å². The van der Waals surface area contributed by atoms with Crippen molar-refractivity contribution in [1.29, 1.82) is 0 Å². The van der Waals surface area contributed by atoms with Crippen LogP contribution in [0.2, 0.25) is 0 Å². The lowest BCUT2D eigenvalue weighted by molar-refractivity contribution is -0.123. The molecule has 40 heavy (non-hydrogen) atoms. The van der Waals surface area contributed by atoms with Crippen molar-refractivity contribution in [1.82, 2.24) is 20.5 Å². The molecule has 210 valence electrons. The summed E-state index contributed by atoms with van der Waals surface area (Å²) in [7, 11) is 1.46. The standard InChI is InChI=1S/C28H29FN4O6S/c1-15-26(40-16(2)31-15)28(36)33-7-6-22-21(13-33)32-27(35)18-4-5-23(37-3)24(10-18)38-14-25(34)30-12-17-8-19(29)11-20(9-17)39-22/h4-5,8-11,21-22H,6-7,12-14H2,1-3H3,(H,30,34)(H,32,35)/t21-,22+/m0/s1. The Morgan fingerprint density at radius 2 is 2.02 bits per heavy atom. The van der Waals surface area contributed by atoms with E-state index in [0.717, 1.165) is 5.01 Å². The van der Waals surface area contributed by atoms with Gasteiger partial charge in [-0.25, -0.2) is 9.37 Å². The monoisotopic (exact) mass is 568 g/mol. The van der Waals surface area contributed by atoms with E-state index < -0.39 is 29.8 Å². The molecule has 2 aliphatic heterocycles. The molecule has 10 nitrogen and oxygen atoms in total. The molecule has 2 N–H and O–H groups in total. The zero-order chi connectivity index (χ0) is 28.4. The number of thiazole rings is 1. The fourth-order valence-corrected chi connectivity index (χ4v) is 5.70. The maximum atomic E-state index is 14.5. The molecule has 12 heteroatoms. The SMILES string of the molecule is COc1ccc2cc1OCC(=O)NCc1cc(F)cc(c1)O[C@@H]1CCN(C(=O)c3sc(C)nc3C)C[C@@H]1NC2=O. The van der Waals surface area contributed by atoms with Gasteiger partial charge in [-0.3, -0.25) is 14.4 Å². The van der Waals surface area contributed by atoms with Crippen molar-refractivity contribution in [3.63, 3.8) is 0 Å². The number of methoxy groups -OCH3 is 1. The number of nitrogens with one attached hydrogen (secondary N) is 2. The summed E-state index contributed by atoms with van der Waals surface area (Å²) >= 11 is 1.33. The maximum absolute atomic E-state index is 14.5. The molecule has 1 aromatic heterocycles. The third-order valence-corrected chi connectivity index (χ3v) is 7.80. The molecule has 5 rings (SSSR count). The van der Waals surface area contributed by atoms with E-state index in [1.807, 2.05) is 6.92 Å². The van der Waals surface area contributed by atoms with E-state index in [1.165, 1.54) is 36.6 Å². The van der Waals surface area contributed by atoms with Crippen molar-refractivity contribution in [2.24, 2.45) is 0 Å². The number of benzene rings is 2. The molecular formula is C28H29FN4O6S. The predicted molar refractivity (Wildman–Crippen MR) is 145 cm³/mol. The van der Waals surface area contributed by atoms with E-state index in [1.54, 1.807) is 30.0 Å². The number of carbonyl (C=O) groups excluding carboxylic acids is 3. The van der Waals surface area contributed by atoms with Gasteiger partial charge in [0.05, 0.1) is 23.9 Å². The van der Waals surface area contributed by atoms with Crippen LogP contribution in [0.4, 0.5) is 4.39 Å². The minimum absolute atomic E-state index is 0.0637. The van der Waals surface area contributed by atoms with Crippen LogP contribution in [0.1, 0.15) is 42.7 Å². The lowest BCUT2D eigenvalue weighted by Crippen LogP contribution is -2.58. The van der Waals surface area contributed by atoms with E-state index in [4.69, 9.17) is 14.2 Å². The molecule has 0 radical (unpaired) electrons. The second kappa shape index (κ2) is 11.5. The molecule has 2 aliphatic rings. The Kier molecular flexibility index (Phi) is 7.88. The summed E-state index contributed by atoms with van der Waals surface area (Å²) in [6, 6.07) is 8.26. The van der Waals surface area contributed by atoms with Gasteiger partial charge in [-0.1, -0.05) is 0 Å². The first-order valence-corrected chi connectivity index (χ1v) is 13.6. The Balaban J connectivity index is 1.47. The number of fused-ring (bicyclic) bond motifs is 5. The van der Waals surface area contributed by atoms with Gasteiger partial charge in [0.25, 0.3) is 17.7 Å². The number of aromatic nitrogens is 1. The molecule has 3 amide bonds. The Morgan fingerprint density at radius 3 is 2.77 bits per heavy atom. The van der Waals surface area contributed by atoms with Crippen molar-refractivity contribution in [3.05, 3.63) is 68.9 Å². The first-order valence-electron chi connectivity index (χ1n) is 12.8. The quantitative estimate of drug-likeness (QED) is 0.488. The number of amides is 3. The van der Waals surface area contributed by atoms with Crippen molar-refractivity contribution in [2.45, 2.75) is 39.0 Å². The Bertz CT molecular complexity index is 1460. The van der Waals surface area contributed by atoms with Gasteiger partial charge >= 0.3 is 0 Å². The highest BCUT2D eigenvalue weighted by Gasteiger charge is 2.36. The Hall–Kier alpha value is -4.19. The number of hydrogen-bond acceptors (Lipinski definition) is 8. The number of carbonyl (C=O) groups is 3. The van der Waals surface area contributed by atoms with Gasteiger partial charge in [0.15, 0.2) is 18.1 Å². The number of halogens is 1. The predicted octanol–water partition coefficient (Wildman–Crippen LogP) is 3.01. The topological polar surface area (TPSA) is 119 Å². The average Bonchev–Trinajstić information content (AvgIpc) is 3.27. The number of nitrogens with zero attached hydrogens (tertiary/aromatic N) is 2. The molecular weight excluding hydrogens is 539 g/mol. The summed E-state index contributed by atoms with van der Waals surface area (Å²) in [5, 5.41) is 6.49. The maximum Gasteiger partial charge on any atom is 0.265 e. The second-order valence-electron chi connectivity index (χ2n) is 9.65. The summed E-state index contributed by atoms with van der Waals surface area (Å²) in [5.41, 5.74) is 1.43. The number of piperidine rings is 1. The average molecular weight is 569 g/mol. The highest BCUT2D eigenvalue weighted by Crippen LogP contribution is 2.29. The molecule has 0 aliphatic carbocycles. The molecule has 1 saturated heterocycles. The third-order valence-electron chi connectivity index (χ3n) is 6.74. The zero-order valence-corrected chi connectivity index (χ0v) is 23.1. The van der Waals surface area contributed by atoms with Crippen LogP contribution in [0.3, 0.4) is 0 Å². The van der Waals surface area contributed by atoms with Crippen LogP contribution in [-0.2, 0) is 11.3 Å². The second-order valence-corrected chi connectivity index (χ2v) is 10.9. The molecule has 3 heterocycles. The lowest BCUT2D eigenvalue weighted by atomic mass is 10.0. The number of aryl methyl sites for hydroxylation is 2. The van der Waals surface area contributed by atoms with Crippen LogP contribution in [0.25, 0.3) is 0 Å². The summed E-state index contributed by atoms with van der Waals surface area (Å²) in [6.45, 7) is 3.94. The lowest BCUT2D eigenvalue weighted by Gasteiger charge is -2.38. The van der Waals surface area contributed by atoms with Gasteiger partial charge in [0, 0.05) is 37.7 Å². The van der Waals surface area contributed by atoms with Crippen molar-refractivity contribution < 1.29 is 33.0 Å². The summed E-state index contributed by atoms with van der Waals surface area (Å²) in [6.07, 6.45) is -0.156. The molecule has 2 aromatic carbocycles. The van der Waals surface area contributed by atoms with Crippen LogP contribution in [-0.4, -0.2) is 66.6 Å². The van der Waals surface area contributed by atoms with E-state index in [2.05, 4.69) is 15.6 Å². The summed E-state index contributed by atoms with van der Waals surface area (Å²) in [5.74, 6) is -0.714. The first kappa shape index (κ1) is 27.4. The van der Waals surface area contributed by atoms with Gasteiger partial charge < -0.3 is 29.7 Å². The smallest absolute Gasteiger partial charge is 0.265 e. The van der Waals surface area contributed by atoms with E-state index >= 15 is 0 Å². The Labute approximate surface area is 234 Å². The molecule has 3 aromatic rings. The minimum Gasteiger partial charge on any atom is -0.493 e. The fraction of sp³-hybridized carbons (Fsp3) is 0.357. The van der Waals surface area contributed by atoms with Gasteiger partial charge in [-0.15, -0.1) is 11.3 Å². The van der Waals surface area contributed by atoms with E-state index in [9.17, 15) is 18.8 Å². The van der Waals surface area contributed by atoms with Gasteiger partial charge in [0.1, 0.15) is 22.5 Å². The molecule has 2 atom stereocenters. The van der Waals surface area contributed by atoms with E-state index in [-0.39, 0.29) is 42.7 Å². The van der Waals surface area contributed by atoms with Crippen LogP contribution in [0.15, 0.2) is 36.4 Å². The molecule has 4 bridgehead atoms. The highest BCUT2D eigenvalue weighted by atomic mass is 32.1. The van der Waals surface area contributed by atoms with Gasteiger partial charge in [-0.2, -0.15) is 0 Å². The van der Waals surface area contributed by atoms with Crippen molar-refractivity contribution in [2.75, 3.05) is 26.8 Å². The summed E-state index contributed by atoms with van der Waals surface area (Å²) < 4.78 is 31.7. The summed E-state index contributed by atoms with van der Waals surface area (Å²) in [4.78, 5) is 45.8. The van der Waals surface area contributed by atoms with Crippen LogP contribution in [0.5, 0.6) is 17.2 Å². The number of rotatable bonds is 2. The molecule has 0 spiro atoms. The van der Waals surface area contributed by atoms with E-state index in [0.29, 0.717) is 34.8 Å². The largest absolute Gasteiger partial charge is 0.493 e. The molecule has 0 saturated carbocycles. The number of ether oxygens (including phenoxy) is 3. The normalized spacial score (nSPS) is 19.4. The zero-order valence-electron chi connectivity index (χ0n) is 22.3. The fourth-order valence-electron chi connectivity index (χ4n) is 4.81. The Morgan fingerprint density at radius 1 is 1.20 bits per heavy atom. The van der Waals surface area contributed by atoms with Crippen LogP contribution < -0.4 is 24.8 Å². The molecule has 0 unspecified atom stereocenters. The highest BCUT2D eigenvalue weighted by molar-refractivity contribution is 7.13. The third kappa shape index (κ3) is 6.01. The van der Waals surface area contributed by atoms with Crippen molar-refractivity contribution in [3.8, 4) is 17.2 Å². The minimum atomic E-state index is -0.606. The van der Waals surface area contributed by atoms with Crippen LogP contribution in [0, 0.1) is 19.7 Å². The van der Waals surface area contributed by atoms with Crippen molar-refractivity contribution >= 4 is 29.1 Å². The van der Waals surface area contributed by atoms with Gasteiger partial charge in [0.2, 0.25) is 0 Å².